The molecule has 0 aromatic heterocycles. The second kappa shape index (κ2) is 4.05. The van der Waals surface area contributed by atoms with Crippen LogP contribution in [0.3, 0.4) is 0 Å². The molecule has 1 saturated carbocycles. The van der Waals surface area contributed by atoms with Crippen LogP contribution in [0.5, 0.6) is 5.75 Å². The monoisotopic (exact) mass is 190 g/mol. The first kappa shape index (κ1) is 9.59. The maximum absolute atomic E-state index is 10.0. The normalized spacial score (nSPS) is 16.1. The van der Waals surface area contributed by atoms with Crippen molar-refractivity contribution in [3.05, 3.63) is 24.3 Å². The number of benzene rings is 1. The summed E-state index contributed by atoms with van der Waals surface area (Å²) >= 11 is 0. The minimum Gasteiger partial charge on any atom is -0.497 e. The minimum atomic E-state index is -0.307. The van der Waals surface area contributed by atoms with Crippen molar-refractivity contribution in [2.75, 3.05) is 7.11 Å². The Morgan fingerprint density at radius 1 is 1.43 bits per heavy atom. The molecule has 74 valence electrons. The first-order valence-corrected chi connectivity index (χ1v) is 5.13. The summed E-state index contributed by atoms with van der Waals surface area (Å²) in [4.78, 5) is 0. The van der Waals surface area contributed by atoms with Crippen molar-refractivity contribution >= 4 is 12.4 Å². The highest BCUT2D eigenvalue weighted by atomic mass is 16.5. The molecule has 0 bridgehead atoms. The SMILES string of the molecule is COc1cccc(B(O)C2CCC2)c1. The van der Waals surface area contributed by atoms with Gasteiger partial charge in [-0.05, 0) is 23.4 Å². The Labute approximate surface area is 85.0 Å². The molecular formula is C11H15BO2. The molecule has 0 radical (unpaired) electrons. The molecule has 1 aromatic rings. The Bertz CT molecular complexity index is 310. The van der Waals surface area contributed by atoms with Gasteiger partial charge in [-0.1, -0.05) is 31.4 Å². The average molecular weight is 190 g/mol. The van der Waals surface area contributed by atoms with Crippen molar-refractivity contribution in [3.8, 4) is 5.75 Å². The van der Waals surface area contributed by atoms with Crippen LogP contribution in [0.25, 0.3) is 0 Å². The van der Waals surface area contributed by atoms with Gasteiger partial charge in [0.1, 0.15) is 5.75 Å². The lowest BCUT2D eigenvalue weighted by Crippen LogP contribution is -2.38. The van der Waals surface area contributed by atoms with E-state index in [4.69, 9.17) is 4.74 Å². The largest absolute Gasteiger partial charge is 0.497 e. The van der Waals surface area contributed by atoms with E-state index in [9.17, 15) is 5.02 Å². The maximum atomic E-state index is 10.0. The minimum absolute atomic E-state index is 0.307. The third-order valence-corrected chi connectivity index (χ3v) is 3.03. The van der Waals surface area contributed by atoms with Gasteiger partial charge in [-0.2, -0.15) is 0 Å². The Kier molecular flexibility index (Phi) is 2.78. The Balaban J connectivity index is 2.13. The van der Waals surface area contributed by atoms with Crippen LogP contribution in [0.2, 0.25) is 5.82 Å². The van der Waals surface area contributed by atoms with Crippen molar-refractivity contribution in [1.29, 1.82) is 0 Å². The molecule has 0 heterocycles. The van der Waals surface area contributed by atoms with Gasteiger partial charge in [0.2, 0.25) is 0 Å². The van der Waals surface area contributed by atoms with E-state index in [1.807, 2.05) is 24.3 Å². The fourth-order valence-electron chi connectivity index (χ4n) is 1.85. The topological polar surface area (TPSA) is 29.5 Å². The molecule has 2 nitrogen and oxygen atoms in total. The second-order valence-electron chi connectivity index (χ2n) is 3.91. The van der Waals surface area contributed by atoms with Gasteiger partial charge in [-0.25, -0.2) is 0 Å². The van der Waals surface area contributed by atoms with Gasteiger partial charge < -0.3 is 9.76 Å². The van der Waals surface area contributed by atoms with Crippen LogP contribution in [0, 0.1) is 0 Å². The summed E-state index contributed by atoms with van der Waals surface area (Å²) in [7, 11) is 1.65. The molecule has 14 heavy (non-hydrogen) atoms. The molecule has 1 aliphatic rings. The van der Waals surface area contributed by atoms with Crippen LogP contribution < -0.4 is 10.2 Å². The van der Waals surface area contributed by atoms with Crippen molar-refractivity contribution < 1.29 is 9.76 Å². The molecular weight excluding hydrogens is 175 g/mol. The summed E-state index contributed by atoms with van der Waals surface area (Å²) in [6.07, 6.45) is 3.56. The molecule has 0 atom stereocenters. The van der Waals surface area contributed by atoms with Gasteiger partial charge in [-0.3, -0.25) is 0 Å². The Morgan fingerprint density at radius 3 is 2.79 bits per heavy atom. The van der Waals surface area contributed by atoms with Crippen LogP contribution in [0.4, 0.5) is 0 Å². The fraction of sp³-hybridized carbons (Fsp3) is 0.455. The van der Waals surface area contributed by atoms with Crippen molar-refractivity contribution in [2.45, 2.75) is 25.1 Å². The molecule has 1 aromatic carbocycles. The zero-order chi connectivity index (χ0) is 9.97. The summed E-state index contributed by atoms with van der Waals surface area (Å²) < 4.78 is 5.13. The molecule has 1 N–H and O–H groups in total. The van der Waals surface area contributed by atoms with E-state index in [1.165, 1.54) is 6.42 Å². The summed E-state index contributed by atoms with van der Waals surface area (Å²) in [5, 5.41) is 10.0. The molecule has 0 unspecified atom stereocenters. The lowest BCUT2D eigenvalue weighted by atomic mass is 9.45. The van der Waals surface area contributed by atoms with Gasteiger partial charge in [0.05, 0.1) is 7.11 Å². The van der Waals surface area contributed by atoms with Gasteiger partial charge in [0, 0.05) is 0 Å². The zero-order valence-electron chi connectivity index (χ0n) is 8.44. The zero-order valence-corrected chi connectivity index (χ0v) is 8.44. The summed E-state index contributed by atoms with van der Waals surface area (Å²) in [6, 6.07) is 7.71. The quantitative estimate of drug-likeness (QED) is 0.730. The van der Waals surface area contributed by atoms with Crippen LogP contribution in [-0.2, 0) is 0 Å². The molecule has 0 saturated heterocycles. The molecule has 2 rings (SSSR count). The fourth-order valence-corrected chi connectivity index (χ4v) is 1.85. The van der Waals surface area contributed by atoms with Crippen LogP contribution in [0.15, 0.2) is 24.3 Å². The van der Waals surface area contributed by atoms with E-state index in [1.54, 1.807) is 7.11 Å². The number of hydrogen-bond donors (Lipinski definition) is 1. The first-order valence-electron chi connectivity index (χ1n) is 5.13. The van der Waals surface area contributed by atoms with E-state index in [2.05, 4.69) is 0 Å². The number of hydrogen-bond acceptors (Lipinski definition) is 2. The lowest BCUT2D eigenvalue weighted by Gasteiger charge is -2.27. The highest BCUT2D eigenvalue weighted by Crippen LogP contribution is 2.34. The maximum Gasteiger partial charge on any atom is 0.327 e. The summed E-state index contributed by atoms with van der Waals surface area (Å²) in [5.74, 6) is 1.28. The predicted octanol–water partition coefficient (Wildman–Crippen LogP) is 1.44. The summed E-state index contributed by atoms with van der Waals surface area (Å²) in [5.41, 5.74) is 0.981. The van der Waals surface area contributed by atoms with E-state index >= 15 is 0 Å². The van der Waals surface area contributed by atoms with Crippen molar-refractivity contribution in [3.63, 3.8) is 0 Å². The third kappa shape index (κ3) is 1.78. The smallest absolute Gasteiger partial charge is 0.327 e. The molecule has 0 spiro atoms. The van der Waals surface area contributed by atoms with Gasteiger partial charge in [-0.15, -0.1) is 0 Å². The molecule has 1 aliphatic carbocycles. The van der Waals surface area contributed by atoms with Gasteiger partial charge in [0.15, 0.2) is 0 Å². The predicted molar refractivity (Wildman–Crippen MR) is 58.2 cm³/mol. The van der Waals surface area contributed by atoms with Gasteiger partial charge >= 0.3 is 6.92 Å². The van der Waals surface area contributed by atoms with E-state index in [0.29, 0.717) is 5.82 Å². The Hall–Kier alpha value is -0.955. The van der Waals surface area contributed by atoms with Crippen LogP contribution in [0.1, 0.15) is 19.3 Å². The van der Waals surface area contributed by atoms with E-state index < -0.39 is 0 Å². The first-order chi connectivity index (χ1) is 6.81. The molecule has 0 aliphatic heterocycles. The van der Waals surface area contributed by atoms with Crippen molar-refractivity contribution in [2.24, 2.45) is 0 Å². The number of methoxy groups -OCH3 is 1. The number of rotatable bonds is 3. The number of ether oxygens (including phenoxy) is 1. The third-order valence-electron chi connectivity index (χ3n) is 3.03. The van der Waals surface area contributed by atoms with Crippen LogP contribution >= 0.6 is 0 Å². The highest BCUT2D eigenvalue weighted by molar-refractivity contribution is 6.67. The average Bonchev–Trinajstić information content (AvgIpc) is 2.15. The molecule has 1 fully saturated rings. The van der Waals surface area contributed by atoms with Crippen molar-refractivity contribution in [1.82, 2.24) is 0 Å². The Morgan fingerprint density at radius 2 is 2.21 bits per heavy atom. The molecule has 3 heteroatoms. The molecule has 0 amide bonds. The van der Waals surface area contributed by atoms with Crippen LogP contribution in [-0.4, -0.2) is 19.0 Å². The van der Waals surface area contributed by atoms with E-state index in [-0.39, 0.29) is 6.92 Å². The van der Waals surface area contributed by atoms with E-state index in [0.717, 1.165) is 24.1 Å². The lowest BCUT2D eigenvalue weighted by molar-refractivity contribution is 0.414. The second-order valence-corrected chi connectivity index (χ2v) is 3.91. The highest BCUT2D eigenvalue weighted by Gasteiger charge is 2.31. The van der Waals surface area contributed by atoms with Gasteiger partial charge in [0.25, 0.3) is 0 Å². The standard InChI is InChI=1S/C11H15BO2/c1-14-11-7-3-6-10(8-11)12(13)9-4-2-5-9/h3,6-9,13H,2,4-5H2,1H3. The summed E-state index contributed by atoms with van der Waals surface area (Å²) in [6.45, 7) is -0.307.